The molecule has 1 aromatic rings. The predicted octanol–water partition coefficient (Wildman–Crippen LogP) is 1.32. The number of carbonyl (C=O) groups excluding carboxylic acids is 1. The maximum absolute atomic E-state index is 11.2. The van der Waals surface area contributed by atoms with Crippen LogP contribution in [0.2, 0.25) is 0 Å². The number of nitrogens with two attached hydrogens (primary N) is 1. The van der Waals surface area contributed by atoms with Crippen LogP contribution in [-0.4, -0.2) is 12.6 Å². The van der Waals surface area contributed by atoms with Crippen LogP contribution in [0.3, 0.4) is 0 Å². The van der Waals surface area contributed by atoms with Crippen molar-refractivity contribution >= 4 is 5.97 Å². The predicted molar refractivity (Wildman–Crippen MR) is 50.1 cm³/mol. The quantitative estimate of drug-likeness (QED) is 0.708. The van der Waals surface area contributed by atoms with Crippen molar-refractivity contribution in [2.45, 2.75) is 0 Å². The van der Waals surface area contributed by atoms with E-state index in [2.05, 4.69) is 6.58 Å². The number of benzene rings is 1. The summed E-state index contributed by atoms with van der Waals surface area (Å²) in [5.74, 6) is -0.382. The van der Waals surface area contributed by atoms with E-state index < -0.39 is 0 Å². The van der Waals surface area contributed by atoms with E-state index >= 15 is 0 Å². The summed E-state index contributed by atoms with van der Waals surface area (Å²) in [6.45, 7) is 3.48. The van der Waals surface area contributed by atoms with Gasteiger partial charge in [0.2, 0.25) is 0 Å². The molecule has 0 aliphatic rings. The molecule has 0 aromatic heterocycles. The summed E-state index contributed by atoms with van der Waals surface area (Å²) < 4.78 is 4.83. The molecule has 0 saturated carbocycles. The van der Waals surface area contributed by atoms with E-state index in [1.807, 2.05) is 6.07 Å². The van der Waals surface area contributed by atoms with Crippen molar-refractivity contribution in [1.82, 2.24) is 0 Å². The van der Waals surface area contributed by atoms with Gasteiger partial charge in [-0.25, -0.2) is 4.79 Å². The van der Waals surface area contributed by atoms with Crippen molar-refractivity contribution < 1.29 is 9.53 Å². The molecular formula is C10H11NO2. The number of carbonyl (C=O) groups is 1. The molecular weight excluding hydrogens is 166 g/mol. The van der Waals surface area contributed by atoms with Gasteiger partial charge in [0.15, 0.2) is 0 Å². The van der Waals surface area contributed by atoms with Crippen molar-refractivity contribution in [2.75, 3.05) is 6.61 Å². The van der Waals surface area contributed by atoms with E-state index in [-0.39, 0.29) is 12.6 Å². The lowest BCUT2D eigenvalue weighted by atomic mass is 10.2. The second kappa shape index (κ2) is 4.30. The lowest BCUT2D eigenvalue weighted by Gasteiger charge is -2.03. The van der Waals surface area contributed by atoms with Crippen LogP contribution < -0.4 is 5.73 Å². The zero-order valence-corrected chi connectivity index (χ0v) is 7.19. The summed E-state index contributed by atoms with van der Waals surface area (Å²) in [5, 5.41) is 0. The molecule has 0 heterocycles. The summed E-state index contributed by atoms with van der Waals surface area (Å²) in [6, 6.07) is 8.74. The Kier molecular flexibility index (Phi) is 3.09. The van der Waals surface area contributed by atoms with Crippen LogP contribution in [0, 0.1) is 0 Å². The SMILES string of the molecule is C=C(N)COC(=O)c1ccccc1. The molecule has 0 fully saturated rings. The highest BCUT2D eigenvalue weighted by Crippen LogP contribution is 2.00. The van der Waals surface area contributed by atoms with Gasteiger partial charge in [-0.2, -0.15) is 0 Å². The van der Waals surface area contributed by atoms with Gasteiger partial charge < -0.3 is 10.5 Å². The highest BCUT2D eigenvalue weighted by Gasteiger charge is 2.04. The van der Waals surface area contributed by atoms with Crippen LogP contribution in [0.1, 0.15) is 10.4 Å². The van der Waals surface area contributed by atoms with Crippen molar-refractivity contribution in [3.63, 3.8) is 0 Å². The monoisotopic (exact) mass is 177 g/mol. The summed E-state index contributed by atoms with van der Waals surface area (Å²) in [7, 11) is 0. The molecule has 2 N–H and O–H groups in total. The first-order chi connectivity index (χ1) is 6.20. The summed E-state index contributed by atoms with van der Waals surface area (Å²) in [6.07, 6.45) is 0. The molecule has 13 heavy (non-hydrogen) atoms. The molecule has 1 rings (SSSR count). The fourth-order valence-corrected chi connectivity index (χ4v) is 0.816. The summed E-state index contributed by atoms with van der Waals surface area (Å²) in [4.78, 5) is 11.2. The minimum Gasteiger partial charge on any atom is -0.456 e. The summed E-state index contributed by atoms with van der Waals surface area (Å²) >= 11 is 0. The first-order valence-corrected chi connectivity index (χ1v) is 3.85. The smallest absolute Gasteiger partial charge is 0.338 e. The molecule has 1 aromatic carbocycles. The lowest BCUT2D eigenvalue weighted by Crippen LogP contribution is -2.11. The summed E-state index contributed by atoms with van der Waals surface area (Å²) in [5.41, 5.74) is 6.10. The Hall–Kier alpha value is -1.77. The average Bonchev–Trinajstić information content (AvgIpc) is 2.15. The molecule has 0 saturated heterocycles. The van der Waals surface area contributed by atoms with Crippen LogP contribution in [0.4, 0.5) is 0 Å². The first kappa shape index (κ1) is 9.32. The Labute approximate surface area is 76.8 Å². The Bertz CT molecular complexity index is 306. The number of hydrogen-bond acceptors (Lipinski definition) is 3. The largest absolute Gasteiger partial charge is 0.456 e. The molecule has 0 bridgehead atoms. The Morgan fingerprint density at radius 2 is 2.00 bits per heavy atom. The lowest BCUT2D eigenvalue weighted by molar-refractivity contribution is 0.0539. The third-order valence-corrected chi connectivity index (χ3v) is 1.40. The first-order valence-electron chi connectivity index (χ1n) is 3.85. The van der Waals surface area contributed by atoms with Gasteiger partial charge in [0.1, 0.15) is 6.61 Å². The Balaban J connectivity index is 2.54. The van der Waals surface area contributed by atoms with Crippen LogP contribution in [-0.2, 0) is 4.74 Å². The maximum Gasteiger partial charge on any atom is 0.338 e. The van der Waals surface area contributed by atoms with Crippen LogP contribution >= 0.6 is 0 Å². The van der Waals surface area contributed by atoms with Gasteiger partial charge in [-0.15, -0.1) is 0 Å². The van der Waals surface area contributed by atoms with E-state index in [1.165, 1.54) is 0 Å². The Morgan fingerprint density at radius 3 is 2.54 bits per heavy atom. The van der Waals surface area contributed by atoms with Gasteiger partial charge in [-0.05, 0) is 12.1 Å². The van der Waals surface area contributed by atoms with Gasteiger partial charge in [0.25, 0.3) is 0 Å². The van der Waals surface area contributed by atoms with Gasteiger partial charge >= 0.3 is 5.97 Å². The van der Waals surface area contributed by atoms with E-state index in [9.17, 15) is 4.79 Å². The highest BCUT2D eigenvalue weighted by molar-refractivity contribution is 5.89. The minimum atomic E-state index is -0.382. The average molecular weight is 177 g/mol. The molecule has 68 valence electrons. The van der Waals surface area contributed by atoms with Crippen molar-refractivity contribution in [1.29, 1.82) is 0 Å². The van der Waals surface area contributed by atoms with E-state index in [4.69, 9.17) is 10.5 Å². The molecule has 0 amide bonds. The Morgan fingerprint density at radius 1 is 1.38 bits per heavy atom. The van der Waals surface area contributed by atoms with Gasteiger partial charge in [0, 0.05) is 5.70 Å². The van der Waals surface area contributed by atoms with E-state index in [0.29, 0.717) is 11.3 Å². The molecule has 0 aliphatic carbocycles. The molecule has 0 atom stereocenters. The van der Waals surface area contributed by atoms with Crippen LogP contribution in [0.5, 0.6) is 0 Å². The number of esters is 1. The van der Waals surface area contributed by atoms with Crippen molar-refractivity contribution in [3.8, 4) is 0 Å². The normalized spacial score (nSPS) is 9.23. The second-order valence-electron chi connectivity index (χ2n) is 2.60. The standard InChI is InChI=1S/C10H11NO2/c1-8(11)7-13-10(12)9-5-3-2-4-6-9/h2-6H,1,7,11H2. The van der Waals surface area contributed by atoms with Crippen LogP contribution in [0.25, 0.3) is 0 Å². The van der Waals surface area contributed by atoms with Gasteiger partial charge in [-0.3, -0.25) is 0 Å². The van der Waals surface area contributed by atoms with Crippen LogP contribution in [0.15, 0.2) is 42.6 Å². The molecule has 0 spiro atoms. The van der Waals surface area contributed by atoms with Gasteiger partial charge in [-0.1, -0.05) is 24.8 Å². The van der Waals surface area contributed by atoms with Crippen molar-refractivity contribution in [2.24, 2.45) is 5.73 Å². The van der Waals surface area contributed by atoms with E-state index in [1.54, 1.807) is 24.3 Å². The third-order valence-electron chi connectivity index (χ3n) is 1.40. The molecule has 0 aliphatic heterocycles. The van der Waals surface area contributed by atoms with Crippen molar-refractivity contribution in [3.05, 3.63) is 48.2 Å². The second-order valence-corrected chi connectivity index (χ2v) is 2.60. The fraction of sp³-hybridized carbons (Fsp3) is 0.100. The third kappa shape index (κ3) is 2.99. The van der Waals surface area contributed by atoms with Gasteiger partial charge in [0.05, 0.1) is 5.56 Å². The fourth-order valence-electron chi connectivity index (χ4n) is 0.816. The molecule has 0 radical (unpaired) electrons. The molecule has 3 nitrogen and oxygen atoms in total. The topological polar surface area (TPSA) is 52.3 Å². The maximum atomic E-state index is 11.2. The minimum absolute atomic E-state index is 0.0632. The number of hydrogen-bond donors (Lipinski definition) is 1. The zero-order chi connectivity index (χ0) is 9.68. The molecule has 3 heteroatoms. The molecule has 0 unspecified atom stereocenters. The number of rotatable bonds is 3. The number of ether oxygens (including phenoxy) is 1. The zero-order valence-electron chi connectivity index (χ0n) is 7.19. The highest BCUT2D eigenvalue weighted by atomic mass is 16.5. The van der Waals surface area contributed by atoms with E-state index in [0.717, 1.165) is 0 Å².